The highest BCUT2D eigenvalue weighted by Gasteiger charge is 2.29. The zero-order valence-electron chi connectivity index (χ0n) is 12.7. The summed E-state index contributed by atoms with van der Waals surface area (Å²) >= 11 is 0. The van der Waals surface area contributed by atoms with Gasteiger partial charge in [-0.3, -0.25) is 0 Å². The van der Waals surface area contributed by atoms with Crippen molar-refractivity contribution in [3.8, 4) is 0 Å². The third-order valence-electron chi connectivity index (χ3n) is 3.62. The maximum Gasteiger partial charge on any atom is 0.416 e. The molecule has 0 aliphatic carbocycles. The molecule has 0 saturated heterocycles. The largest absolute Gasteiger partial charge is 0.416 e. The van der Waals surface area contributed by atoms with Gasteiger partial charge < -0.3 is 15.2 Å². The van der Waals surface area contributed by atoms with Crippen LogP contribution in [0.2, 0.25) is 0 Å². The lowest BCUT2D eigenvalue weighted by atomic mass is 10.2. The second-order valence-corrected chi connectivity index (χ2v) is 5.33. The van der Waals surface area contributed by atoms with Gasteiger partial charge in [-0.05, 0) is 30.3 Å². The molecule has 0 fully saturated rings. The van der Waals surface area contributed by atoms with Gasteiger partial charge in [0.1, 0.15) is 0 Å². The summed E-state index contributed by atoms with van der Waals surface area (Å²) in [6.45, 7) is 0. The van der Waals surface area contributed by atoms with Gasteiger partial charge in [0.25, 0.3) is 0 Å². The fraction of sp³-hybridized carbons (Fsp3) is 0.118. The van der Waals surface area contributed by atoms with Crippen molar-refractivity contribution >= 4 is 28.3 Å². The van der Waals surface area contributed by atoms with Gasteiger partial charge in [-0.25, -0.2) is 4.79 Å². The first-order valence-corrected chi connectivity index (χ1v) is 7.14. The Balaban J connectivity index is 1.73. The van der Waals surface area contributed by atoms with Crippen LogP contribution in [0.15, 0.2) is 54.7 Å². The number of urea groups is 1. The van der Waals surface area contributed by atoms with Crippen LogP contribution in [0.5, 0.6) is 0 Å². The zero-order chi connectivity index (χ0) is 17.3. The van der Waals surface area contributed by atoms with Crippen LogP contribution >= 0.6 is 0 Å². The van der Waals surface area contributed by atoms with E-state index in [1.54, 1.807) is 6.20 Å². The van der Waals surface area contributed by atoms with Gasteiger partial charge in [-0.2, -0.15) is 13.2 Å². The van der Waals surface area contributed by atoms with Crippen molar-refractivity contribution in [2.24, 2.45) is 7.05 Å². The van der Waals surface area contributed by atoms with Gasteiger partial charge >= 0.3 is 12.2 Å². The summed E-state index contributed by atoms with van der Waals surface area (Å²) in [5, 5.41) is 6.10. The molecule has 4 nitrogen and oxygen atoms in total. The normalized spacial score (nSPS) is 11.5. The van der Waals surface area contributed by atoms with Gasteiger partial charge in [0.05, 0.1) is 11.3 Å². The van der Waals surface area contributed by atoms with Crippen LogP contribution in [-0.2, 0) is 13.2 Å². The first-order chi connectivity index (χ1) is 11.3. The van der Waals surface area contributed by atoms with E-state index in [9.17, 15) is 18.0 Å². The van der Waals surface area contributed by atoms with Crippen molar-refractivity contribution in [2.75, 3.05) is 10.6 Å². The number of benzene rings is 2. The average molecular weight is 333 g/mol. The van der Waals surface area contributed by atoms with Gasteiger partial charge in [0.15, 0.2) is 0 Å². The highest BCUT2D eigenvalue weighted by atomic mass is 19.4. The number of aromatic nitrogens is 1. The number of carbonyl (C=O) groups is 1. The molecule has 0 aliphatic rings. The van der Waals surface area contributed by atoms with Crippen molar-refractivity contribution < 1.29 is 18.0 Å². The van der Waals surface area contributed by atoms with Crippen molar-refractivity contribution in [3.05, 3.63) is 60.3 Å². The molecule has 1 heterocycles. The van der Waals surface area contributed by atoms with Crippen LogP contribution < -0.4 is 10.6 Å². The van der Waals surface area contributed by atoms with E-state index in [-0.39, 0.29) is 5.69 Å². The van der Waals surface area contributed by atoms with E-state index in [2.05, 4.69) is 10.6 Å². The molecule has 3 aromatic rings. The number of carbonyl (C=O) groups excluding carboxylic acids is 1. The average Bonchev–Trinajstić information content (AvgIpc) is 2.83. The lowest BCUT2D eigenvalue weighted by Gasteiger charge is -2.09. The standard InChI is InChI=1S/C17H14F3N3O/c1-23-10-14(13-4-2-3-5-15(13)23)22-16(24)21-12-8-6-11(7-9-12)17(18,19)20/h2-10H,1H3,(H2,21,22,24). The van der Waals surface area contributed by atoms with E-state index in [0.29, 0.717) is 5.69 Å². The van der Waals surface area contributed by atoms with Crippen molar-refractivity contribution in [1.29, 1.82) is 0 Å². The Morgan fingerprint density at radius 3 is 2.33 bits per heavy atom. The molecule has 0 unspecified atom stereocenters. The summed E-state index contributed by atoms with van der Waals surface area (Å²) in [7, 11) is 1.86. The van der Waals surface area contributed by atoms with Gasteiger partial charge in [-0.1, -0.05) is 18.2 Å². The molecule has 0 aliphatic heterocycles. The Morgan fingerprint density at radius 1 is 1.00 bits per heavy atom. The molecule has 2 aromatic carbocycles. The number of nitrogens with zero attached hydrogens (tertiary/aromatic N) is 1. The second kappa shape index (κ2) is 5.92. The van der Waals surface area contributed by atoms with Crippen molar-refractivity contribution in [2.45, 2.75) is 6.18 Å². The Hall–Kier alpha value is -2.96. The maximum atomic E-state index is 12.5. The molecule has 124 valence electrons. The quantitative estimate of drug-likeness (QED) is 0.692. The topological polar surface area (TPSA) is 46.1 Å². The fourth-order valence-electron chi connectivity index (χ4n) is 2.47. The molecule has 0 saturated carbocycles. The number of hydrogen-bond acceptors (Lipinski definition) is 1. The molecular formula is C17H14F3N3O. The SMILES string of the molecule is Cn1cc(NC(=O)Nc2ccc(C(F)(F)F)cc2)c2ccccc21. The zero-order valence-corrected chi connectivity index (χ0v) is 12.7. The van der Waals surface area contributed by atoms with E-state index >= 15 is 0 Å². The third kappa shape index (κ3) is 3.19. The Bertz CT molecular complexity index is 882. The number of rotatable bonds is 2. The number of aryl methyl sites for hydroxylation is 1. The van der Waals surface area contributed by atoms with E-state index in [4.69, 9.17) is 0 Å². The summed E-state index contributed by atoms with van der Waals surface area (Å²) in [4.78, 5) is 12.1. The van der Waals surface area contributed by atoms with E-state index in [1.807, 2.05) is 35.9 Å². The molecule has 7 heteroatoms. The molecule has 0 bridgehead atoms. The summed E-state index contributed by atoms with van der Waals surface area (Å²) in [6.07, 6.45) is -2.62. The first kappa shape index (κ1) is 15.9. The number of anilines is 2. The fourth-order valence-corrected chi connectivity index (χ4v) is 2.47. The van der Waals surface area contributed by atoms with Crippen LogP contribution in [0.4, 0.5) is 29.3 Å². The van der Waals surface area contributed by atoms with Crippen molar-refractivity contribution in [3.63, 3.8) is 0 Å². The minimum atomic E-state index is -4.40. The highest BCUT2D eigenvalue weighted by molar-refractivity contribution is 6.06. The van der Waals surface area contributed by atoms with E-state index in [1.165, 1.54) is 12.1 Å². The minimum Gasteiger partial charge on any atom is -0.348 e. The predicted molar refractivity (Wildman–Crippen MR) is 87.0 cm³/mol. The molecule has 24 heavy (non-hydrogen) atoms. The van der Waals surface area contributed by atoms with Gasteiger partial charge in [0, 0.05) is 29.8 Å². The maximum absolute atomic E-state index is 12.5. The third-order valence-corrected chi connectivity index (χ3v) is 3.62. The summed E-state index contributed by atoms with van der Waals surface area (Å²) in [5.41, 5.74) is 1.10. The molecule has 0 spiro atoms. The van der Waals surface area contributed by atoms with Crippen LogP contribution in [0.25, 0.3) is 10.9 Å². The molecule has 2 N–H and O–H groups in total. The van der Waals surface area contributed by atoms with E-state index in [0.717, 1.165) is 23.0 Å². The number of fused-ring (bicyclic) bond motifs is 1. The van der Waals surface area contributed by atoms with Crippen molar-refractivity contribution in [1.82, 2.24) is 4.57 Å². The van der Waals surface area contributed by atoms with Gasteiger partial charge in [-0.15, -0.1) is 0 Å². The van der Waals surface area contributed by atoms with Crippen LogP contribution in [0, 0.1) is 0 Å². The van der Waals surface area contributed by atoms with E-state index < -0.39 is 17.8 Å². The Kier molecular flexibility index (Phi) is 3.92. The summed E-state index contributed by atoms with van der Waals surface area (Å²) < 4.78 is 39.4. The smallest absolute Gasteiger partial charge is 0.348 e. The lowest BCUT2D eigenvalue weighted by Crippen LogP contribution is -2.19. The summed E-state index contributed by atoms with van der Waals surface area (Å²) in [5.74, 6) is 0. The molecule has 1 aromatic heterocycles. The van der Waals surface area contributed by atoms with Gasteiger partial charge in [0.2, 0.25) is 0 Å². The lowest BCUT2D eigenvalue weighted by molar-refractivity contribution is -0.137. The Morgan fingerprint density at radius 2 is 1.67 bits per heavy atom. The number of alkyl halides is 3. The molecule has 3 rings (SSSR count). The first-order valence-electron chi connectivity index (χ1n) is 7.14. The number of hydrogen-bond donors (Lipinski definition) is 2. The molecular weight excluding hydrogens is 319 g/mol. The summed E-state index contributed by atoms with van der Waals surface area (Å²) in [6, 6.07) is 11.3. The van der Waals surface area contributed by atoms with Crippen LogP contribution in [-0.4, -0.2) is 10.6 Å². The number of amides is 2. The highest BCUT2D eigenvalue weighted by Crippen LogP contribution is 2.30. The molecule has 2 amide bonds. The second-order valence-electron chi connectivity index (χ2n) is 5.33. The predicted octanol–water partition coefficient (Wildman–Crippen LogP) is 4.84. The number of para-hydroxylation sites is 1. The molecule has 0 atom stereocenters. The minimum absolute atomic E-state index is 0.278. The monoisotopic (exact) mass is 333 g/mol. The number of nitrogens with one attached hydrogen (secondary N) is 2. The Labute approximate surface area is 135 Å². The van der Waals surface area contributed by atoms with Crippen LogP contribution in [0.3, 0.4) is 0 Å². The van der Waals surface area contributed by atoms with Crippen LogP contribution in [0.1, 0.15) is 5.56 Å². The molecule has 0 radical (unpaired) electrons. The number of halogens is 3.